The first-order valence-corrected chi connectivity index (χ1v) is 6.20. The van der Waals surface area contributed by atoms with Crippen molar-refractivity contribution in [1.29, 1.82) is 0 Å². The number of benzene rings is 1. The summed E-state index contributed by atoms with van der Waals surface area (Å²) < 4.78 is 5.09. The van der Waals surface area contributed by atoms with Crippen molar-refractivity contribution in [3.63, 3.8) is 0 Å². The number of carbonyl (C=O) groups excluding carboxylic acids is 2. The number of carbonyl (C=O) groups is 2. The predicted octanol–water partition coefficient (Wildman–Crippen LogP) is 2.34. The summed E-state index contributed by atoms with van der Waals surface area (Å²) in [6, 6.07) is 6.73. The number of rotatable bonds is 4. The lowest BCUT2D eigenvalue weighted by molar-refractivity contribution is -0.120. The van der Waals surface area contributed by atoms with Gasteiger partial charge in [0, 0.05) is 12.1 Å². The lowest BCUT2D eigenvalue weighted by atomic mass is 10.0. The van der Waals surface area contributed by atoms with E-state index in [1.807, 2.05) is 0 Å². The number of ether oxygens (including phenoxy) is 1. The Hall–Kier alpha value is -2.10. The highest BCUT2D eigenvalue weighted by atomic mass is 16.5. The van der Waals surface area contributed by atoms with E-state index in [2.05, 4.69) is 6.58 Å². The minimum absolute atomic E-state index is 0.0234. The second kappa shape index (κ2) is 5.26. The van der Waals surface area contributed by atoms with Crippen LogP contribution in [0.1, 0.15) is 19.8 Å². The third-order valence-corrected chi connectivity index (χ3v) is 3.29. The van der Waals surface area contributed by atoms with E-state index < -0.39 is 6.04 Å². The molecular formula is C15H17NO3. The summed E-state index contributed by atoms with van der Waals surface area (Å²) in [5.41, 5.74) is 1.21. The Morgan fingerprint density at radius 2 is 2.00 bits per heavy atom. The van der Waals surface area contributed by atoms with E-state index >= 15 is 0 Å². The van der Waals surface area contributed by atoms with Crippen LogP contribution < -0.4 is 9.64 Å². The lowest BCUT2D eigenvalue weighted by Crippen LogP contribution is -2.38. The molecule has 1 fully saturated rings. The molecule has 1 aromatic rings. The highest BCUT2D eigenvalue weighted by Gasteiger charge is 2.36. The van der Waals surface area contributed by atoms with E-state index in [1.165, 1.54) is 0 Å². The standard InChI is InChI=1S/C15H17NO3/c1-10(2)15(18)13-8-9-14(17)16(13)11-4-6-12(19-3)7-5-11/h4-7,13H,1,8-9H2,2-3H3. The fourth-order valence-electron chi connectivity index (χ4n) is 2.28. The monoisotopic (exact) mass is 259 g/mol. The number of hydrogen-bond acceptors (Lipinski definition) is 3. The van der Waals surface area contributed by atoms with Crippen LogP contribution in [0.4, 0.5) is 5.69 Å². The molecule has 0 bridgehead atoms. The van der Waals surface area contributed by atoms with Gasteiger partial charge in [0.25, 0.3) is 0 Å². The number of amides is 1. The Morgan fingerprint density at radius 3 is 2.53 bits per heavy atom. The van der Waals surface area contributed by atoms with Crippen LogP contribution in [0.15, 0.2) is 36.4 Å². The van der Waals surface area contributed by atoms with Gasteiger partial charge in [-0.3, -0.25) is 9.59 Å². The van der Waals surface area contributed by atoms with E-state index in [-0.39, 0.29) is 11.7 Å². The van der Waals surface area contributed by atoms with Crippen LogP contribution in [0, 0.1) is 0 Å². The maximum absolute atomic E-state index is 12.1. The molecule has 1 aliphatic rings. The number of hydrogen-bond donors (Lipinski definition) is 0. The van der Waals surface area contributed by atoms with Gasteiger partial charge in [0.05, 0.1) is 7.11 Å². The molecule has 0 aliphatic carbocycles. The Morgan fingerprint density at radius 1 is 1.37 bits per heavy atom. The van der Waals surface area contributed by atoms with Crippen LogP contribution in [-0.4, -0.2) is 24.8 Å². The summed E-state index contributed by atoms with van der Waals surface area (Å²) in [5.74, 6) is 0.629. The number of ketones is 1. The van der Waals surface area contributed by atoms with Gasteiger partial charge in [-0.05, 0) is 43.2 Å². The molecule has 4 nitrogen and oxygen atoms in total. The molecule has 0 aromatic heterocycles. The molecule has 1 unspecified atom stereocenters. The third-order valence-electron chi connectivity index (χ3n) is 3.29. The highest BCUT2D eigenvalue weighted by Crippen LogP contribution is 2.29. The lowest BCUT2D eigenvalue weighted by Gasteiger charge is -2.24. The summed E-state index contributed by atoms with van der Waals surface area (Å²) in [4.78, 5) is 25.6. The maximum Gasteiger partial charge on any atom is 0.227 e. The fraction of sp³-hybridized carbons (Fsp3) is 0.333. The zero-order valence-corrected chi connectivity index (χ0v) is 11.2. The van der Waals surface area contributed by atoms with Gasteiger partial charge in [-0.2, -0.15) is 0 Å². The van der Waals surface area contributed by atoms with Gasteiger partial charge in [0.2, 0.25) is 5.91 Å². The van der Waals surface area contributed by atoms with Gasteiger partial charge < -0.3 is 9.64 Å². The molecule has 1 aliphatic heterocycles. The van der Waals surface area contributed by atoms with Crippen LogP contribution in [-0.2, 0) is 9.59 Å². The predicted molar refractivity (Wildman–Crippen MR) is 73.3 cm³/mol. The van der Waals surface area contributed by atoms with Gasteiger partial charge in [-0.25, -0.2) is 0 Å². The third kappa shape index (κ3) is 2.52. The fourth-order valence-corrected chi connectivity index (χ4v) is 2.28. The van der Waals surface area contributed by atoms with Crippen molar-refractivity contribution in [3.05, 3.63) is 36.4 Å². The number of methoxy groups -OCH3 is 1. The van der Waals surface area contributed by atoms with Gasteiger partial charge >= 0.3 is 0 Å². The van der Waals surface area contributed by atoms with E-state index in [9.17, 15) is 9.59 Å². The molecule has 2 rings (SSSR count). The minimum atomic E-state index is -0.418. The molecular weight excluding hydrogens is 242 g/mol. The second-order valence-electron chi connectivity index (χ2n) is 4.66. The summed E-state index contributed by atoms with van der Waals surface area (Å²) >= 11 is 0. The highest BCUT2D eigenvalue weighted by molar-refractivity contribution is 6.09. The van der Waals surface area contributed by atoms with Crippen molar-refractivity contribution >= 4 is 17.4 Å². The van der Waals surface area contributed by atoms with Crippen LogP contribution in [0.25, 0.3) is 0 Å². The van der Waals surface area contributed by atoms with Crippen molar-refractivity contribution in [2.75, 3.05) is 12.0 Å². The van der Waals surface area contributed by atoms with Crippen molar-refractivity contribution in [2.24, 2.45) is 0 Å². The van der Waals surface area contributed by atoms with E-state index in [1.54, 1.807) is 43.2 Å². The molecule has 0 N–H and O–H groups in total. The first kappa shape index (κ1) is 13.3. The van der Waals surface area contributed by atoms with Crippen molar-refractivity contribution in [2.45, 2.75) is 25.8 Å². The Kier molecular flexibility index (Phi) is 3.69. The molecule has 19 heavy (non-hydrogen) atoms. The molecule has 100 valence electrons. The minimum Gasteiger partial charge on any atom is -0.497 e. The van der Waals surface area contributed by atoms with Crippen LogP contribution in [0.5, 0.6) is 5.75 Å². The maximum atomic E-state index is 12.1. The molecule has 0 saturated carbocycles. The van der Waals surface area contributed by atoms with Crippen molar-refractivity contribution in [1.82, 2.24) is 0 Å². The Labute approximate surface area is 112 Å². The van der Waals surface area contributed by atoms with Gasteiger partial charge in [-0.1, -0.05) is 6.58 Å². The van der Waals surface area contributed by atoms with E-state index in [0.29, 0.717) is 18.4 Å². The summed E-state index contributed by atoms with van der Waals surface area (Å²) in [6.45, 7) is 5.35. The number of nitrogens with zero attached hydrogens (tertiary/aromatic N) is 1. The smallest absolute Gasteiger partial charge is 0.227 e. The Bertz CT molecular complexity index is 519. The molecule has 0 radical (unpaired) electrons. The quantitative estimate of drug-likeness (QED) is 0.780. The molecule has 1 amide bonds. The topological polar surface area (TPSA) is 46.6 Å². The molecule has 1 aromatic carbocycles. The largest absolute Gasteiger partial charge is 0.497 e. The summed E-state index contributed by atoms with van der Waals surface area (Å²) in [7, 11) is 1.59. The second-order valence-corrected chi connectivity index (χ2v) is 4.66. The van der Waals surface area contributed by atoms with Crippen LogP contribution in [0.2, 0.25) is 0 Å². The zero-order chi connectivity index (χ0) is 14.0. The van der Waals surface area contributed by atoms with Gasteiger partial charge in [0.1, 0.15) is 11.8 Å². The summed E-state index contributed by atoms with van der Waals surface area (Å²) in [5, 5.41) is 0. The van der Waals surface area contributed by atoms with E-state index in [0.717, 1.165) is 11.4 Å². The first-order chi connectivity index (χ1) is 9.04. The van der Waals surface area contributed by atoms with Crippen LogP contribution in [0.3, 0.4) is 0 Å². The van der Waals surface area contributed by atoms with Gasteiger partial charge in [-0.15, -0.1) is 0 Å². The average Bonchev–Trinajstić information content (AvgIpc) is 2.79. The SMILES string of the molecule is C=C(C)C(=O)C1CCC(=O)N1c1ccc(OC)cc1. The van der Waals surface area contributed by atoms with Crippen molar-refractivity contribution < 1.29 is 14.3 Å². The first-order valence-electron chi connectivity index (χ1n) is 6.20. The molecule has 1 atom stereocenters. The zero-order valence-electron chi connectivity index (χ0n) is 11.2. The van der Waals surface area contributed by atoms with Crippen LogP contribution >= 0.6 is 0 Å². The van der Waals surface area contributed by atoms with E-state index in [4.69, 9.17) is 4.74 Å². The normalized spacial score (nSPS) is 18.5. The molecule has 4 heteroatoms. The van der Waals surface area contributed by atoms with Crippen molar-refractivity contribution in [3.8, 4) is 5.75 Å². The average molecular weight is 259 g/mol. The number of anilines is 1. The molecule has 0 spiro atoms. The molecule has 1 saturated heterocycles. The van der Waals surface area contributed by atoms with Gasteiger partial charge in [0.15, 0.2) is 5.78 Å². The molecule has 1 heterocycles. The summed E-state index contributed by atoms with van der Waals surface area (Å²) in [6.07, 6.45) is 0.951. The Balaban J connectivity index is 2.30. The number of Topliss-reactive ketones (excluding diaryl/α,β-unsaturated/α-hetero) is 1.